The van der Waals surface area contributed by atoms with Gasteiger partial charge in [0.1, 0.15) is 18.0 Å². The molecule has 0 radical (unpaired) electrons. The van der Waals surface area contributed by atoms with E-state index in [1.54, 1.807) is 29.3 Å². The summed E-state index contributed by atoms with van der Waals surface area (Å²) >= 11 is 0. The topological polar surface area (TPSA) is 116 Å². The van der Waals surface area contributed by atoms with E-state index in [4.69, 9.17) is 14.3 Å². The molecule has 0 aliphatic carbocycles. The van der Waals surface area contributed by atoms with Crippen LogP contribution in [0.3, 0.4) is 0 Å². The minimum atomic E-state index is -0.601. The molecule has 1 aliphatic rings. The van der Waals surface area contributed by atoms with Crippen molar-refractivity contribution in [1.82, 2.24) is 19.6 Å². The molecule has 1 saturated heterocycles. The number of esters is 1. The standard InChI is InChI=1S/C31H33N5O6/c1-31(2,3)42-30(39)35-15-13-34(14-16-35)27-25-18-24(22-11-8-12-23(17-22)28(37)40-4)19-32-26(25)36(29(38)33-27)41-20-21-9-6-5-7-10-21/h5-12,17-19H,13-16,20H2,1-4H3. The molecule has 0 atom stereocenters. The largest absolute Gasteiger partial charge is 0.465 e. The molecule has 1 fully saturated rings. The monoisotopic (exact) mass is 571 g/mol. The van der Waals surface area contributed by atoms with Crippen molar-refractivity contribution in [3.63, 3.8) is 0 Å². The molecule has 11 heteroatoms. The molecular weight excluding hydrogens is 538 g/mol. The molecule has 0 N–H and O–H groups in total. The zero-order chi connectivity index (χ0) is 29.9. The average Bonchev–Trinajstić information content (AvgIpc) is 2.99. The predicted molar refractivity (Wildman–Crippen MR) is 157 cm³/mol. The van der Waals surface area contributed by atoms with E-state index in [0.717, 1.165) is 21.4 Å². The van der Waals surface area contributed by atoms with Crippen LogP contribution < -0.4 is 15.4 Å². The van der Waals surface area contributed by atoms with E-state index in [9.17, 15) is 14.4 Å². The van der Waals surface area contributed by atoms with E-state index < -0.39 is 17.3 Å². The van der Waals surface area contributed by atoms with Gasteiger partial charge in [0.05, 0.1) is 18.1 Å². The van der Waals surface area contributed by atoms with Gasteiger partial charge >= 0.3 is 17.8 Å². The summed E-state index contributed by atoms with van der Waals surface area (Å²) in [5.74, 6) is -0.00386. The fourth-order valence-corrected chi connectivity index (χ4v) is 4.67. The molecule has 3 heterocycles. The number of benzene rings is 2. The van der Waals surface area contributed by atoms with Crippen LogP contribution in [-0.2, 0) is 16.1 Å². The maximum absolute atomic E-state index is 13.3. The molecule has 5 rings (SSSR count). The number of aromatic nitrogens is 3. The van der Waals surface area contributed by atoms with Crippen molar-refractivity contribution in [2.24, 2.45) is 0 Å². The lowest BCUT2D eigenvalue weighted by molar-refractivity contribution is 0.0240. The molecule has 1 amide bonds. The van der Waals surface area contributed by atoms with Gasteiger partial charge in [-0.15, -0.1) is 4.73 Å². The molecule has 1 aliphatic heterocycles. The smallest absolute Gasteiger partial charge is 0.410 e. The Labute approximate surface area is 243 Å². The number of piperazine rings is 1. The normalized spacial score (nSPS) is 13.6. The molecule has 0 spiro atoms. The van der Waals surface area contributed by atoms with Gasteiger partial charge in [-0.3, -0.25) is 0 Å². The quantitative estimate of drug-likeness (QED) is 0.317. The van der Waals surface area contributed by atoms with Crippen molar-refractivity contribution < 1.29 is 23.9 Å². The highest BCUT2D eigenvalue weighted by Gasteiger charge is 2.28. The highest BCUT2D eigenvalue weighted by atomic mass is 16.7. The Bertz CT molecular complexity index is 1660. The number of ether oxygens (including phenoxy) is 2. The van der Waals surface area contributed by atoms with Crippen LogP contribution >= 0.6 is 0 Å². The first-order valence-corrected chi connectivity index (χ1v) is 13.6. The van der Waals surface area contributed by atoms with Gasteiger partial charge in [0.25, 0.3) is 0 Å². The second-order valence-corrected chi connectivity index (χ2v) is 10.9. The zero-order valence-corrected chi connectivity index (χ0v) is 24.1. The van der Waals surface area contributed by atoms with Gasteiger partial charge in [-0.1, -0.05) is 42.5 Å². The molecule has 218 valence electrons. The number of anilines is 1. The highest BCUT2D eigenvalue weighted by molar-refractivity contribution is 5.93. The lowest BCUT2D eigenvalue weighted by Gasteiger charge is -2.36. The summed E-state index contributed by atoms with van der Waals surface area (Å²) in [7, 11) is 1.34. The van der Waals surface area contributed by atoms with E-state index in [0.29, 0.717) is 48.6 Å². The minimum Gasteiger partial charge on any atom is -0.465 e. The third-order valence-electron chi connectivity index (χ3n) is 6.73. The van der Waals surface area contributed by atoms with Crippen molar-refractivity contribution in [3.05, 3.63) is 88.5 Å². The first-order chi connectivity index (χ1) is 20.1. The van der Waals surface area contributed by atoms with Crippen LogP contribution in [0.25, 0.3) is 22.2 Å². The Balaban J connectivity index is 1.52. The van der Waals surface area contributed by atoms with Crippen molar-refractivity contribution in [3.8, 4) is 11.1 Å². The van der Waals surface area contributed by atoms with Crippen LogP contribution in [0.2, 0.25) is 0 Å². The Morgan fingerprint density at radius 1 is 0.929 bits per heavy atom. The van der Waals surface area contributed by atoms with Crippen LogP contribution in [0.15, 0.2) is 71.7 Å². The van der Waals surface area contributed by atoms with Crippen LogP contribution in [0.5, 0.6) is 0 Å². The number of carbonyl (C=O) groups is 2. The van der Waals surface area contributed by atoms with Crippen molar-refractivity contribution >= 4 is 28.9 Å². The molecular formula is C31H33N5O6. The number of hydrogen-bond acceptors (Lipinski definition) is 9. The number of nitrogens with zero attached hydrogens (tertiary/aromatic N) is 5. The van der Waals surface area contributed by atoms with Crippen molar-refractivity contribution in [2.75, 3.05) is 38.2 Å². The Hall–Kier alpha value is -4.93. The first kappa shape index (κ1) is 28.6. The maximum Gasteiger partial charge on any atom is 0.410 e. The second kappa shape index (κ2) is 11.9. The van der Waals surface area contributed by atoms with Crippen LogP contribution in [0.4, 0.5) is 10.6 Å². The third-order valence-corrected chi connectivity index (χ3v) is 6.73. The summed E-state index contributed by atoms with van der Waals surface area (Å²) < 4.78 is 11.5. The van der Waals surface area contributed by atoms with Gasteiger partial charge in [0, 0.05) is 37.9 Å². The Kier molecular flexibility index (Phi) is 8.10. The fourth-order valence-electron chi connectivity index (χ4n) is 4.67. The van der Waals surface area contributed by atoms with E-state index in [-0.39, 0.29) is 12.7 Å². The van der Waals surface area contributed by atoms with Gasteiger partial charge in [-0.2, -0.15) is 4.98 Å². The van der Waals surface area contributed by atoms with Crippen molar-refractivity contribution in [2.45, 2.75) is 33.0 Å². The van der Waals surface area contributed by atoms with E-state index in [2.05, 4.69) is 9.97 Å². The Morgan fingerprint density at radius 2 is 1.67 bits per heavy atom. The molecule has 42 heavy (non-hydrogen) atoms. The summed E-state index contributed by atoms with van der Waals surface area (Å²) in [6, 6.07) is 18.4. The zero-order valence-electron chi connectivity index (χ0n) is 24.1. The number of amides is 1. The number of carbonyl (C=O) groups excluding carboxylic acids is 2. The van der Waals surface area contributed by atoms with Crippen LogP contribution in [-0.4, -0.2) is 70.6 Å². The fraction of sp³-hybridized carbons (Fsp3) is 0.323. The number of rotatable bonds is 6. The van der Waals surface area contributed by atoms with E-state index in [1.807, 2.05) is 68.1 Å². The SMILES string of the molecule is COC(=O)c1cccc(-c2cnc3c(c2)c(N2CCN(C(=O)OC(C)(C)C)CC2)nc(=O)n3OCc2ccccc2)c1. The van der Waals surface area contributed by atoms with Crippen LogP contribution in [0.1, 0.15) is 36.7 Å². The molecule has 11 nitrogen and oxygen atoms in total. The lowest BCUT2D eigenvalue weighted by Crippen LogP contribution is -2.50. The molecule has 0 saturated carbocycles. The summed E-state index contributed by atoms with van der Waals surface area (Å²) in [4.78, 5) is 56.6. The van der Waals surface area contributed by atoms with Gasteiger partial charge < -0.3 is 24.1 Å². The van der Waals surface area contributed by atoms with Gasteiger partial charge in [0.15, 0.2) is 5.65 Å². The van der Waals surface area contributed by atoms with Crippen LogP contribution in [0, 0.1) is 0 Å². The number of pyridine rings is 1. The highest BCUT2D eigenvalue weighted by Crippen LogP contribution is 2.29. The molecule has 0 unspecified atom stereocenters. The minimum absolute atomic E-state index is 0.149. The predicted octanol–water partition coefficient (Wildman–Crippen LogP) is 3.93. The van der Waals surface area contributed by atoms with Gasteiger partial charge in [0.2, 0.25) is 0 Å². The second-order valence-electron chi connectivity index (χ2n) is 10.9. The first-order valence-electron chi connectivity index (χ1n) is 13.6. The summed E-state index contributed by atoms with van der Waals surface area (Å²) in [6.07, 6.45) is 1.25. The third kappa shape index (κ3) is 6.35. The summed E-state index contributed by atoms with van der Waals surface area (Å²) in [5, 5.41) is 0.592. The van der Waals surface area contributed by atoms with E-state index in [1.165, 1.54) is 7.11 Å². The van der Waals surface area contributed by atoms with Gasteiger partial charge in [-0.25, -0.2) is 19.4 Å². The summed E-state index contributed by atoms with van der Waals surface area (Å²) in [6.45, 7) is 7.33. The summed E-state index contributed by atoms with van der Waals surface area (Å²) in [5.41, 5.74) is 1.87. The van der Waals surface area contributed by atoms with E-state index >= 15 is 0 Å². The Morgan fingerprint density at radius 3 is 2.36 bits per heavy atom. The lowest BCUT2D eigenvalue weighted by atomic mass is 10.0. The number of fused-ring (bicyclic) bond motifs is 1. The number of hydrogen-bond donors (Lipinski definition) is 0. The average molecular weight is 572 g/mol. The van der Waals surface area contributed by atoms with Gasteiger partial charge in [-0.05, 0) is 50.1 Å². The molecule has 2 aromatic heterocycles. The maximum atomic E-state index is 13.3. The molecule has 2 aromatic carbocycles. The molecule has 4 aromatic rings. The molecule has 0 bridgehead atoms. The number of methoxy groups -OCH3 is 1. The van der Waals surface area contributed by atoms with Crippen molar-refractivity contribution in [1.29, 1.82) is 0 Å².